The van der Waals surface area contributed by atoms with Crippen LogP contribution < -0.4 is 5.32 Å². The van der Waals surface area contributed by atoms with Gasteiger partial charge in [-0.3, -0.25) is 14.5 Å². The SMILES string of the molecule is CC[C@H]1OC(=O)C2=CCN(C2)C(=O)c2coc(n2)CC(F)C[C@H](OC(=O)c2ccc(CN3CCC(CO)C3)cc2)/C=C(C)/C=C/CNC(=O)CC[C@H]1C. The molecule has 2 unspecified atom stereocenters. The molecule has 2 N–H and O–H groups in total. The number of aromatic nitrogens is 1. The highest BCUT2D eigenvalue weighted by molar-refractivity contribution is 5.96. The quantitative estimate of drug-likeness (QED) is 0.399. The number of oxazole rings is 1. The molecule has 5 atom stereocenters. The Morgan fingerprint density at radius 2 is 1.96 bits per heavy atom. The standard InChI is InChI=1S/C40H51FN4O8/c1-4-35-27(3)7-12-36(47)42-15-5-6-26(2)18-33(52-39(49)30-10-8-28(9-11-30)21-44-16-13-29(22-44)24-46)19-32(41)20-37-43-34(25-51-37)38(48)45-17-14-31(23-45)40(50)53-35/h5-6,8-11,14,18,25,27,29,32-33,35,46H,4,7,12-13,15-17,19-24H2,1-3H3,(H,42,47)/b6-5+,26-18+/t27-,29?,32?,33-,35-/m1/s1. The molecular formula is C40H51FN4O8. The summed E-state index contributed by atoms with van der Waals surface area (Å²) in [4.78, 5) is 60.0. The first-order chi connectivity index (χ1) is 25.5. The number of aliphatic hydroxyl groups excluding tert-OH is 1. The summed E-state index contributed by atoms with van der Waals surface area (Å²) >= 11 is 0. The van der Waals surface area contributed by atoms with Crippen LogP contribution in [0.4, 0.5) is 4.39 Å². The van der Waals surface area contributed by atoms with E-state index in [1.54, 1.807) is 43.4 Å². The van der Waals surface area contributed by atoms with Crippen molar-refractivity contribution in [2.24, 2.45) is 11.8 Å². The van der Waals surface area contributed by atoms with Gasteiger partial charge in [-0.15, -0.1) is 0 Å². The number of benzene rings is 1. The number of cyclic esters (lactones) is 1. The number of hydrogen-bond donors (Lipinski definition) is 2. The molecule has 1 saturated heterocycles. The number of aliphatic hydroxyl groups is 1. The lowest BCUT2D eigenvalue weighted by Crippen LogP contribution is -2.32. The number of carbonyl (C=O) groups excluding carboxylic acids is 4. The van der Waals surface area contributed by atoms with Gasteiger partial charge in [0.05, 0.1) is 24.1 Å². The van der Waals surface area contributed by atoms with Crippen LogP contribution in [0.25, 0.3) is 0 Å². The fourth-order valence-corrected chi connectivity index (χ4v) is 6.83. The molecule has 12 nitrogen and oxygen atoms in total. The number of nitrogens with zero attached hydrogens (tertiary/aromatic N) is 3. The number of halogens is 1. The fourth-order valence-electron chi connectivity index (χ4n) is 6.83. The Kier molecular flexibility index (Phi) is 14.1. The third-order valence-electron chi connectivity index (χ3n) is 9.97. The monoisotopic (exact) mass is 734 g/mol. The van der Waals surface area contributed by atoms with Crippen LogP contribution in [-0.2, 0) is 32.0 Å². The molecule has 13 heteroatoms. The molecule has 1 aromatic heterocycles. The number of carbonyl (C=O) groups is 4. The predicted molar refractivity (Wildman–Crippen MR) is 194 cm³/mol. The lowest BCUT2D eigenvalue weighted by atomic mass is 9.96. The van der Waals surface area contributed by atoms with Gasteiger partial charge >= 0.3 is 11.9 Å². The van der Waals surface area contributed by atoms with E-state index in [0.29, 0.717) is 36.1 Å². The predicted octanol–water partition coefficient (Wildman–Crippen LogP) is 4.74. The van der Waals surface area contributed by atoms with Crippen molar-refractivity contribution in [1.82, 2.24) is 20.1 Å². The summed E-state index contributed by atoms with van der Waals surface area (Å²) in [5, 5.41) is 12.3. The van der Waals surface area contributed by atoms with Gasteiger partial charge in [-0.1, -0.05) is 49.8 Å². The molecule has 1 fully saturated rings. The van der Waals surface area contributed by atoms with E-state index >= 15 is 4.39 Å². The third-order valence-corrected chi connectivity index (χ3v) is 9.97. The van der Waals surface area contributed by atoms with Gasteiger partial charge in [0.15, 0.2) is 11.6 Å². The molecule has 0 spiro atoms. The first-order valence-corrected chi connectivity index (χ1v) is 18.5. The van der Waals surface area contributed by atoms with E-state index in [1.165, 1.54) is 11.2 Å². The molecular weight excluding hydrogens is 683 g/mol. The first-order valence-electron chi connectivity index (χ1n) is 18.5. The average molecular weight is 735 g/mol. The number of esters is 2. The Morgan fingerprint density at radius 1 is 1.17 bits per heavy atom. The van der Waals surface area contributed by atoms with Gasteiger partial charge in [-0.2, -0.15) is 0 Å². The molecule has 4 bridgehead atoms. The molecule has 0 radical (unpaired) electrons. The minimum Gasteiger partial charge on any atom is -0.459 e. The largest absolute Gasteiger partial charge is 0.459 e. The summed E-state index contributed by atoms with van der Waals surface area (Å²) in [5.41, 5.74) is 2.41. The molecule has 4 heterocycles. The van der Waals surface area contributed by atoms with E-state index in [2.05, 4.69) is 15.2 Å². The zero-order valence-corrected chi connectivity index (χ0v) is 30.8. The third kappa shape index (κ3) is 11.4. The van der Waals surface area contributed by atoms with Crippen LogP contribution in [0.5, 0.6) is 0 Å². The van der Waals surface area contributed by atoms with Crippen molar-refractivity contribution in [3.05, 3.63) is 88.7 Å². The summed E-state index contributed by atoms with van der Waals surface area (Å²) in [6.07, 6.45) is 6.98. The second-order valence-corrected chi connectivity index (χ2v) is 14.3. The fraction of sp³-hybridized carbons (Fsp3) is 0.525. The number of ether oxygens (including phenoxy) is 2. The van der Waals surface area contributed by atoms with Gasteiger partial charge in [-0.25, -0.2) is 19.0 Å². The Labute approximate surface area is 310 Å². The number of amides is 2. The lowest BCUT2D eigenvalue weighted by molar-refractivity contribution is -0.147. The van der Waals surface area contributed by atoms with Crippen molar-refractivity contribution in [1.29, 1.82) is 0 Å². The smallest absolute Gasteiger partial charge is 0.338 e. The molecule has 2 aromatic rings. The molecule has 1 aromatic carbocycles. The van der Waals surface area contributed by atoms with Crippen LogP contribution in [0.2, 0.25) is 0 Å². The topological polar surface area (TPSA) is 152 Å². The lowest BCUT2D eigenvalue weighted by Gasteiger charge is -2.23. The molecule has 5 rings (SSSR count). The van der Waals surface area contributed by atoms with Gasteiger partial charge in [-0.05, 0) is 68.3 Å². The molecule has 3 aliphatic rings. The molecule has 0 aliphatic carbocycles. The highest BCUT2D eigenvalue weighted by Gasteiger charge is 2.30. The zero-order valence-electron chi connectivity index (χ0n) is 30.8. The summed E-state index contributed by atoms with van der Waals surface area (Å²) in [7, 11) is 0. The second kappa shape index (κ2) is 18.9. The van der Waals surface area contributed by atoms with Gasteiger partial charge in [0, 0.05) is 45.6 Å². The van der Waals surface area contributed by atoms with E-state index in [1.807, 2.05) is 26.0 Å². The number of rotatable bonds is 6. The number of likely N-dealkylation sites (tertiary alicyclic amines) is 1. The number of allylic oxidation sites excluding steroid dienone is 2. The number of nitrogens with one attached hydrogen (secondary N) is 1. The number of fused-ring (bicyclic) bond motifs is 4. The van der Waals surface area contributed by atoms with E-state index in [4.69, 9.17) is 13.9 Å². The minimum atomic E-state index is -1.54. The Balaban J connectivity index is 1.29. The van der Waals surface area contributed by atoms with Crippen LogP contribution in [0.15, 0.2) is 70.4 Å². The van der Waals surface area contributed by atoms with E-state index in [9.17, 15) is 24.3 Å². The van der Waals surface area contributed by atoms with Crippen LogP contribution in [0.3, 0.4) is 0 Å². The Bertz CT molecular complexity index is 1690. The van der Waals surface area contributed by atoms with Crippen LogP contribution in [-0.4, -0.2) is 101 Å². The summed E-state index contributed by atoms with van der Waals surface area (Å²) in [6, 6.07) is 7.13. The molecule has 2 amide bonds. The molecule has 286 valence electrons. The maximum Gasteiger partial charge on any atom is 0.338 e. The van der Waals surface area contributed by atoms with Crippen molar-refractivity contribution in [3.63, 3.8) is 0 Å². The molecule has 3 aliphatic heterocycles. The van der Waals surface area contributed by atoms with E-state index < -0.39 is 36.2 Å². The summed E-state index contributed by atoms with van der Waals surface area (Å²) < 4.78 is 32.7. The van der Waals surface area contributed by atoms with Crippen LogP contribution in [0, 0.1) is 11.8 Å². The Hall–Kier alpha value is -4.62. The second-order valence-electron chi connectivity index (χ2n) is 14.3. The van der Waals surface area contributed by atoms with E-state index in [-0.39, 0.29) is 74.8 Å². The maximum absolute atomic E-state index is 15.6. The highest BCUT2D eigenvalue weighted by atomic mass is 19.1. The van der Waals surface area contributed by atoms with Crippen molar-refractivity contribution in [2.45, 2.75) is 84.2 Å². The van der Waals surface area contributed by atoms with Crippen molar-refractivity contribution in [3.8, 4) is 0 Å². The average Bonchev–Trinajstić information content (AvgIpc) is 3.93. The Morgan fingerprint density at radius 3 is 2.70 bits per heavy atom. The maximum atomic E-state index is 15.6. The number of alkyl halides is 1. The van der Waals surface area contributed by atoms with Gasteiger partial charge < -0.3 is 29.2 Å². The summed E-state index contributed by atoms with van der Waals surface area (Å²) in [6.45, 7) is 8.77. The van der Waals surface area contributed by atoms with Crippen LogP contribution in [0.1, 0.15) is 85.2 Å². The van der Waals surface area contributed by atoms with Gasteiger partial charge in [0.25, 0.3) is 5.91 Å². The van der Waals surface area contributed by atoms with Gasteiger partial charge in [0.1, 0.15) is 24.6 Å². The minimum absolute atomic E-state index is 0.00625. The zero-order chi connectivity index (χ0) is 37.9. The van der Waals surface area contributed by atoms with Gasteiger partial charge in [0.2, 0.25) is 5.91 Å². The van der Waals surface area contributed by atoms with E-state index in [0.717, 1.165) is 25.1 Å². The van der Waals surface area contributed by atoms with Crippen molar-refractivity contribution < 1.29 is 42.6 Å². The number of hydrogen-bond acceptors (Lipinski definition) is 10. The van der Waals surface area contributed by atoms with Crippen LogP contribution >= 0.6 is 0 Å². The summed E-state index contributed by atoms with van der Waals surface area (Å²) in [5.74, 6) is -1.48. The van der Waals surface area contributed by atoms with Crippen molar-refractivity contribution >= 4 is 23.8 Å². The normalized spacial score (nSPS) is 27.2. The van der Waals surface area contributed by atoms with Crippen molar-refractivity contribution in [2.75, 3.05) is 39.3 Å². The first kappa shape index (κ1) is 39.6. The molecule has 0 saturated carbocycles. The molecule has 53 heavy (non-hydrogen) atoms. The highest BCUT2D eigenvalue weighted by Crippen LogP contribution is 2.23.